The summed E-state index contributed by atoms with van der Waals surface area (Å²) in [6, 6.07) is 8.33. The Morgan fingerprint density at radius 2 is 1.87 bits per heavy atom. The Hall–Kier alpha value is -1.55. The molecule has 2 aliphatic rings. The highest BCUT2D eigenvalue weighted by Crippen LogP contribution is 2.29. The van der Waals surface area contributed by atoms with Gasteiger partial charge in [-0.05, 0) is 43.4 Å². The van der Waals surface area contributed by atoms with Crippen molar-refractivity contribution < 1.29 is 14.3 Å². The van der Waals surface area contributed by atoms with E-state index in [0.29, 0.717) is 11.8 Å². The third-order valence-electron chi connectivity index (χ3n) is 5.14. The van der Waals surface area contributed by atoms with Gasteiger partial charge in [0.15, 0.2) is 0 Å². The quantitative estimate of drug-likeness (QED) is 0.859. The molecule has 126 valence electrons. The van der Waals surface area contributed by atoms with Gasteiger partial charge in [0, 0.05) is 38.1 Å². The lowest BCUT2D eigenvalue weighted by atomic mass is 9.93. The molecule has 1 unspecified atom stereocenters. The molecule has 1 aromatic carbocycles. The molecule has 2 aliphatic heterocycles. The van der Waals surface area contributed by atoms with Crippen LogP contribution in [0, 0.1) is 5.92 Å². The minimum atomic E-state index is 0.165. The predicted octanol–water partition coefficient (Wildman–Crippen LogP) is 3.22. The number of rotatable bonds is 3. The van der Waals surface area contributed by atoms with Gasteiger partial charge in [-0.2, -0.15) is 0 Å². The average Bonchev–Trinajstić information content (AvgIpc) is 2.88. The fourth-order valence-corrected chi connectivity index (χ4v) is 3.69. The van der Waals surface area contributed by atoms with Crippen molar-refractivity contribution in [1.82, 2.24) is 4.90 Å². The van der Waals surface area contributed by atoms with Crippen LogP contribution in [0.3, 0.4) is 0 Å². The number of ether oxygens (including phenoxy) is 2. The molecule has 0 spiro atoms. The molecule has 1 aromatic rings. The molecule has 0 bridgehead atoms. The van der Waals surface area contributed by atoms with E-state index in [4.69, 9.17) is 9.47 Å². The smallest absolute Gasteiger partial charge is 0.225 e. The first kappa shape index (κ1) is 16.3. The molecular formula is C19H27NO3. The van der Waals surface area contributed by atoms with Crippen molar-refractivity contribution in [3.63, 3.8) is 0 Å². The number of methoxy groups -OCH3 is 1. The van der Waals surface area contributed by atoms with E-state index in [1.807, 2.05) is 12.1 Å². The van der Waals surface area contributed by atoms with Gasteiger partial charge in [-0.15, -0.1) is 0 Å². The molecule has 0 aliphatic carbocycles. The lowest BCUT2D eigenvalue weighted by Crippen LogP contribution is -2.40. The number of hydrogen-bond acceptors (Lipinski definition) is 3. The maximum atomic E-state index is 12.8. The zero-order valence-corrected chi connectivity index (χ0v) is 14.0. The highest BCUT2D eigenvalue weighted by Gasteiger charge is 2.29. The molecule has 0 radical (unpaired) electrons. The number of carbonyl (C=O) groups excluding carboxylic acids is 1. The van der Waals surface area contributed by atoms with Crippen LogP contribution in [0.2, 0.25) is 0 Å². The Morgan fingerprint density at radius 3 is 2.57 bits per heavy atom. The summed E-state index contributed by atoms with van der Waals surface area (Å²) in [4.78, 5) is 14.9. The topological polar surface area (TPSA) is 38.8 Å². The lowest BCUT2D eigenvalue weighted by molar-refractivity contribution is -0.138. The van der Waals surface area contributed by atoms with E-state index in [9.17, 15) is 4.79 Å². The molecule has 0 N–H and O–H groups in total. The van der Waals surface area contributed by atoms with Crippen LogP contribution >= 0.6 is 0 Å². The highest BCUT2D eigenvalue weighted by molar-refractivity contribution is 5.79. The molecule has 2 heterocycles. The number of nitrogens with zero attached hydrogens (tertiary/aromatic N) is 1. The van der Waals surface area contributed by atoms with Crippen molar-refractivity contribution in [2.45, 2.75) is 38.0 Å². The Labute approximate surface area is 138 Å². The van der Waals surface area contributed by atoms with Crippen LogP contribution < -0.4 is 4.74 Å². The van der Waals surface area contributed by atoms with Crippen LogP contribution in [0.4, 0.5) is 0 Å². The van der Waals surface area contributed by atoms with E-state index in [0.717, 1.165) is 57.7 Å². The second kappa shape index (κ2) is 7.82. The minimum Gasteiger partial charge on any atom is -0.497 e. The van der Waals surface area contributed by atoms with E-state index in [-0.39, 0.29) is 5.92 Å². The Morgan fingerprint density at radius 1 is 1.13 bits per heavy atom. The maximum Gasteiger partial charge on any atom is 0.225 e. The van der Waals surface area contributed by atoms with Crippen molar-refractivity contribution in [3.8, 4) is 5.75 Å². The summed E-state index contributed by atoms with van der Waals surface area (Å²) in [5.74, 6) is 1.83. The fraction of sp³-hybridized carbons (Fsp3) is 0.632. The monoisotopic (exact) mass is 317 g/mol. The zero-order chi connectivity index (χ0) is 16.1. The highest BCUT2D eigenvalue weighted by atomic mass is 16.5. The third-order valence-corrected chi connectivity index (χ3v) is 5.14. The Balaban J connectivity index is 1.68. The van der Waals surface area contributed by atoms with Crippen molar-refractivity contribution in [1.29, 1.82) is 0 Å². The van der Waals surface area contributed by atoms with Gasteiger partial charge in [0.25, 0.3) is 0 Å². The van der Waals surface area contributed by atoms with E-state index in [2.05, 4.69) is 17.0 Å². The summed E-state index contributed by atoms with van der Waals surface area (Å²) < 4.78 is 10.6. The van der Waals surface area contributed by atoms with Crippen molar-refractivity contribution in [2.75, 3.05) is 33.4 Å². The van der Waals surface area contributed by atoms with Gasteiger partial charge in [-0.25, -0.2) is 0 Å². The number of benzene rings is 1. The number of carbonyl (C=O) groups is 1. The zero-order valence-electron chi connectivity index (χ0n) is 14.0. The first-order valence-electron chi connectivity index (χ1n) is 8.78. The first-order chi connectivity index (χ1) is 11.3. The minimum absolute atomic E-state index is 0.165. The molecule has 3 rings (SSSR count). The Kier molecular flexibility index (Phi) is 5.55. The molecule has 1 atom stereocenters. The van der Waals surface area contributed by atoms with Crippen LogP contribution in [-0.2, 0) is 9.53 Å². The molecule has 2 saturated heterocycles. The maximum absolute atomic E-state index is 12.8. The predicted molar refractivity (Wildman–Crippen MR) is 89.7 cm³/mol. The van der Waals surface area contributed by atoms with E-state index >= 15 is 0 Å². The molecule has 23 heavy (non-hydrogen) atoms. The fourth-order valence-electron chi connectivity index (χ4n) is 3.69. The number of amides is 1. The van der Waals surface area contributed by atoms with Gasteiger partial charge in [-0.1, -0.05) is 18.6 Å². The van der Waals surface area contributed by atoms with Crippen LogP contribution in [0.15, 0.2) is 24.3 Å². The molecule has 2 fully saturated rings. The summed E-state index contributed by atoms with van der Waals surface area (Å²) in [6.45, 7) is 3.21. The second-order valence-electron chi connectivity index (χ2n) is 6.64. The lowest BCUT2D eigenvalue weighted by Gasteiger charge is -2.30. The van der Waals surface area contributed by atoms with E-state index in [1.54, 1.807) is 7.11 Å². The normalized spacial score (nSPS) is 23.3. The largest absolute Gasteiger partial charge is 0.497 e. The van der Waals surface area contributed by atoms with Crippen molar-refractivity contribution in [3.05, 3.63) is 29.8 Å². The van der Waals surface area contributed by atoms with Crippen LogP contribution in [0.1, 0.15) is 43.6 Å². The van der Waals surface area contributed by atoms with Crippen molar-refractivity contribution >= 4 is 5.91 Å². The number of likely N-dealkylation sites (tertiary alicyclic amines) is 1. The van der Waals surface area contributed by atoms with Crippen LogP contribution in [-0.4, -0.2) is 44.2 Å². The van der Waals surface area contributed by atoms with Gasteiger partial charge >= 0.3 is 0 Å². The summed E-state index contributed by atoms with van der Waals surface area (Å²) in [6.07, 6.45) is 5.21. The summed E-state index contributed by atoms with van der Waals surface area (Å²) in [5.41, 5.74) is 1.32. The van der Waals surface area contributed by atoms with Gasteiger partial charge in [0.1, 0.15) is 5.75 Å². The SMILES string of the molecule is COc1ccc(C2CCCCN(C(=O)C3CCOCC3)C2)cc1. The van der Waals surface area contributed by atoms with E-state index in [1.165, 1.54) is 12.0 Å². The van der Waals surface area contributed by atoms with Gasteiger partial charge < -0.3 is 14.4 Å². The van der Waals surface area contributed by atoms with Gasteiger partial charge in [-0.3, -0.25) is 4.79 Å². The van der Waals surface area contributed by atoms with Crippen LogP contribution in [0.25, 0.3) is 0 Å². The average molecular weight is 317 g/mol. The standard InChI is InChI=1S/C19H27NO3/c1-22-18-7-5-15(6-8-18)17-4-2-3-11-20(14-17)19(21)16-9-12-23-13-10-16/h5-8,16-17H,2-4,9-14H2,1H3. The molecule has 0 saturated carbocycles. The van der Waals surface area contributed by atoms with E-state index < -0.39 is 0 Å². The van der Waals surface area contributed by atoms with Crippen LogP contribution in [0.5, 0.6) is 5.75 Å². The van der Waals surface area contributed by atoms with Gasteiger partial charge in [0.2, 0.25) is 5.91 Å². The van der Waals surface area contributed by atoms with Crippen molar-refractivity contribution in [2.24, 2.45) is 5.92 Å². The third kappa shape index (κ3) is 4.05. The molecular weight excluding hydrogens is 290 g/mol. The molecule has 4 heteroatoms. The first-order valence-corrected chi connectivity index (χ1v) is 8.78. The Bertz CT molecular complexity index is 508. The molecule has 4 nitrogen and oxygen atoms in total. The van der Waals surface area contributed by atoms with Gasteiger partial charge in [0.05, 0.1) is 7.11 Å². The number of hydrogen-bond donors (Lipinski definition) is 0. The molecule has 0 aromatic heterocycles. The molecule has 1 amide bonds. The second-order valence-corrected chi connectivity index (χ2v) is 6.64. The summed E-state index contributed by atoms with van der Waals surface area (Å²) >= 11 is 0. The summed E-state index contributed by atoms with van der Waals surface area (Å²) in [5, 5.41) is 0. The summed E-state index contributed by atoms with van der Waals surface area (Å²) in [7, 11) is 1.69.